The Morgan fingerprint density at radius 3 is 2.43 bits per heavy atom. The van der Waals surface area contributed by atoms with Gasteiger partial charge >= 0.3 is 5.97 Å². The van der Waals surface area contributed by atoms with Crippen LogP contribution in [0.15, 0.2) is 18.2 Å². The van der Waals surface area contributed by atoms with Crippen LogP contribution >= 0.6 is 23.2 Å². The van der Waals surface area contributed by atoms with Crippen LogP contribution in [0.3, 0.4) is 0 Å². The maximum absolute atomic E-state index is 12.0. The predicted molar refractivity (Wildman–Crippen MR) is 82.7 cm³/mol. The summed E-state index contributed by atoms with van der Waals surface area (Å²) in [6.07, 6.45) is 0.0142. The van der Waals surface area contributed by atoms with E-state index < -0.39 is 5.97 Å². The third-order valence-electron chi connectivity index (χ3n) is 2.94. The standard InChI is InChI=1S/C14H18Cl2N2O3/c1-17(6-5-14(20)21)9-13(19)18(2)8-10-3-4-11(15)12(16)7-10/h3-4,7H,5-6,8-9H2,1-2H3,(H,20,21). The lowest BCUT2D eigenvalue weighted by atomic mass is 10.2. The predicted octanol–water partition coefficient (Wildman–Crippen LogP) is 2.36. The Bertz CT molecular complexity index is 523. The van der Waals surface area contributed by atoms with Crippen molar-refractivity contribution in [2.45, 2.75) is 13.0 Å². The number of likely N-dealkylation sites (N-methyl/N-ethyl adjacent to an activating group) is 2. The highest BCUT2D eigenvalue weighted by Crippen LogP contribution is 2.23. The molecular formula is C14H18Cl2N2O3. The summed E-state index contributed by atoms with van der Waals surface area (Å²) in [5, 5.41) is 9.53. The zero-order valence-electron chi connectivity index (χ0n) is 12.0. The average Bonchev–Trinajstić information content (AvgIpc) is 2.40. The molecule has 0 unspecified atom stereocenters. The van der Waals surface area contributed by atoms with Gasteiger partial charge in [-0.15, -0.1) is 0 Å². The summed E-state index contributed by atoms with van der Waals surface area (Å²) < 4.78 is 0. The van der Waals surface area contributed by atoms with Gasteiger partial charge in [0.2, 0.25) is 5.91 Å². The van der Waals surface area contributed by atoms with Crippen LogP contribution in [-0.2, 0) is 16.1 Å². The quantitative estimate of drug-likeness (QED) is 0.832. The van der Waals surface area contributed by atoms with Gasteiger partial charge in [-0.25, -0.2) is 0 Å². The molecule has 0 aromatic heterocycles. The second-order valence-corrected chi connectivity index (χ2v) is 5.69. The van der Waals surface area contributed by atoms with Gasteiger partial charge in [0.15, 0.2) is 0 Å². The molecule has 0 aliphatic carbocycles. The van der Waals surface area contributed by atoms with Crippen LogP contribution in [0.5, 0.6) is 0 Å². The van der Waals surface area contributed by atoms with E-state index in [1.165, 1.54) is 0 Å². The second kappa shape index (κ2) is 8.22. The number of halogens is 2. The molecule has 5 nitrogen and oxygen atoms in total. The van der Waals surface area contributed by atoms with Crippen molar-refractivity contribution in [1.82, 2.24) is 9.80 Å². The molecule has 1 aromatic rings. The van der Waals surface area contributed by atoms with Crippen LogP contribution in [0, 0.1) is 0 Å². The fourth-order valence-electron chi connectivity index (χ4n) is 1.72. The Kier molecular flexibility index (Phi) is 6.95. The lowest BCUT2D eigenvalue weighted by molar-refractivity contribution is -0.138. The molecule has 1 aromatic carbocycles. The lowest BCUT2D eigenvalue weighted by Gasteiger charge is -2.21. The van der Waals surface area contributed by atoms with Gasteiger partial charge in [-0.1, -0.05) is 29.3 Å². The molecule has 116 valence electrons. The van der Waals surface area contributed by atoms with Crippen molar-refractivity contribution in [1.29, 1.82) is 0 Å². The van der Waals surface area contributed by atoms with E-state index in [1.807, 2.05) is 6.07 Å². The Hall–Kier alpha value is -1.30. The molecule has 0 spiro atoms. The summed E-state index contributed by atoms with van der Waals surface area (Å²) in [6.45, 7) is 0.926. The average molecular weight is 333 g/mol. The molecule has 0 saturated heterocycles. The van der Waals surface area contributed by atoms with Crippen LogP contribution in [0.1, 0.15) is 12.0 Å². The molecule has 0 bridgehead atoms. The smallest absolute Gasteiger partial charge is 0.304 e. The Labute approximate surface area is 134 Å². The third-order valence-corrected chi connectivity index (χ3v) is 3.68. The maximum Gasteiger partial charge on any atom is 0.304 e. The van der Waals surface area contributed by atoms with Crippen LogP contribution in [-0.4, -0.2) is 54.0 Å². The molecule has 21 heavy (non-hydrogen) atoms. The molecule has 0 fully saturated rings. The monoisotopic (exact) mass is 332 g/mol. The van der Waals surface area contributed by atoms with Crippen molar-refractivity contribution in [2.24, 2.45) is 0 Å². The van der Waals surface area contributed by atoms with Crippen molar-refractivity contribution in [3.63, 3.8) is 0 Å². The number of carboxylic acids is 1. The number of carbonyl (C=O) groups excluding carboxylic acids is 1. The number of nitrogens with zero attached hydrogens (tertiary/aromatic N) is 2. The molecule has 1 amide bonds. The van der Waals surface area contributed by atoms with Crippen molar-refractivity contribution in [2.75, 3.05) is 27.2 Å². The van der Waals surface area contributed by atoms with E-state index in [9.17, 15) is 9.59 Å². The van der Waals surface area contributed by atoms with Crippen LogP contribution in [0.25, 0.3) is 0 Å². The first-order valence-electron chi connectivity index (χ1n) is 6.38. The van der Waals surface area contributed by atoms with Crippen LogP contribution in [0.4, 0.5) is 0 Å². The highest BCUT2D eigenvalue weighted by atomic mass is 35.5. The summed E-state index contributed by atoms with van der Waals surface area (Å²) >= 11 is 11.8. The number of carboxylic acid groups (broad SMARTS) is 1. The van der Waals surface area contributed by atoms with Gasteiger partial charge in [0.1, 0.15) is 0 Å². The number of rotatable bonds is 7. The fourth-order valence-corrected chi connectivity index (χ4v) is 2.04. The van der Waals surface area contributed by atoms with E-state index in [1.54, 1.807) is 36.0 Å². The summed E-state index contributed by atoms with van der Waals surface area (Å²) in [5.41, 5.74) is 0.883. The molecular weight excluding hydrogens is 315 g/mol. The molecule has 0 atom stereocenters. The number of hydrogen-bond donors (Lipinski definition) is 1. The molecule has 0 heterocycles. The van der Waals surface area contributed by atoms with Crippen molar-refractivity contribution in [3.05, 3.63) is 33.8 Å². The summed E-state index contributed by atoms with van der Waals surface area (Å²) in [4.78, 5) is 25.8. The van der Waals surface area contributed by atoms with Crippen LogP contribution < -0.4 is 0 Å². The van der Waals surface area contributed by atoms with E-state index in [0.717, 1.165) is 5.56 Å². The minimum absolute atomic E-state index is 0.0142. The summed E-state index contributed by atoms with van der Waals surface area (Å²) in [6, 6.07) is 5.23. The number of carbonyl (C=O) groups is 2. The van der Waals surface area contributed by atoms with Gasteiger partial charge in [-0.3, -0.25) is 14.5 Å². The zero-order valence-corrected chi connectivity index (χ0v) is 13.5. The molecule has 0 aliphatic heterocycles. The third kappa shape index (κ3) is 6.33. The van der Waals surface area contributed by atoms with Gasteiger partial charge in [-0.2, -0.15) is 0 Å². The fraction of sp³-hybridized carbons (Fsp3) is 0.429. The number of amides is 1. The van der Waals surface area contributed by atoms with Gasteiger partial charge in [0, 0.05) is 20.1 Å². The zero-order chi connectivity index (χ0) is 16.0. The van der Waals surface area contributed by atoms with E-state index in [0.29, 0.717) is 23.1 Å². The lowest BCUT2D eigenvalue weighted by Crippen LogP contribution is -2.37. The first-order chi connectivity index (χ1) is 9.79. The van der Waals surface area contributed by atoms with Gasteiger partial charge in [0.05, 0.1) is 23.0 Å². The van der Waals surface area contributed by atoms with Crippen molar-refractivity contribution >= 4 is 35.1 Å². The first kappa shape index (κ1) is 17.8. The Balaban J connectivity index is 2.50. The molecule has 0 radical (unpaired) electrons. The van der Waals surface area contributed by atoms with Crippen molar-refractivity contribution < 1.29 is 14.7 Å². The summed E-state index contributed by atoms with van der Waals surface area (Å²) in [7, 11) is 3.41. The number of aliphatic carboxylic acids is 1. The van der Waals surface area contributed by atoms with Crippen LogP contribution in [0.2, 0.25) is 10.0 Å². The Morgan fingerprint density at radius 2 is 1.86 bits per heavy atom. The molecule has 1 rings (SSSR count). The molecule has 7 heteroatoms. The number of hydrogen-bond acceptors (Lipinski definition) is 3. The normalized spacial score (nSPS) is 10.7. The van der Waals surface area contributed by atoms with E-state index in [2.05, 4.69) is 0 Å². The minimum Gasteiger partial charge on any atom is -0.481 e. The SMILES string of the molecule is CN(CCC(=O)O)CC(=O)N(C)Cc1ccc(Cl)c(Cl)c1. The van der Waals surface area contributed by atoms with Gasteiger partial charge in [0.25, 0.3) is 0 Å². The van der Waals surface area contributed by atoms with Gasteiger partial charge < -0.3 is 10.0 Å². The highest BCUT2D eigenvalue weighted by molar-refractivity contribution is 6.42. The highest BCUT2D eigenvalue weighted by Gasteiger charge is 2.13. The molecule has 0 saturated carbocycles. The van der Waals surface area contributed by atoms with Crippen molar-refractivity contribution in [3.8, 4) is 0 Å². The van der Waals surface area contributed by atoms with Gasteiger partial charge in [-0.05, 0) is 24.7 Å². The molecule has 1 N–H and O–H groups in total. The van der Waals surface area contributed by atoms with E-state index in [4.69, 9.17) is 28.3 Å². The topological polar surface area (TPSA) is 60.9 Å². The number of benzene rings is 1. The van der Waals surface area contributed by atoms with E-state index >= 15 is 0 Å². The largest absolute Gasteiger partial charge is 0.481 e. The Morgan fingerprint density at radius 1 is 1.19 bits per heavy atom. The summed E-state index contributed by atoms with van der Waals surface area (Å²) in [5.74, 6) is -0.965. The van der Waals surface area contributed by atoms with E-state index in [-0.39, 0.29) is 18.9 Å². The maximum atomic E-state index is 12.0. The first-order valence-corrected chi connectivity index (χ1v) is 7.13. The molecule has 0 aliphatic rings. The second-order valence-electron chi connectivity index (χ2n) is 4.88. The minimum atomic E-state index is -0.876.